The minimum Gasteiger partial charge on any atom is -0.324 e. The number of hydrogen-bond donors (Lipinski definition) is 1. The zero-order chi connectivity index (χ0) is 11.1. The summed E-state index contributed by atoms with van der Waals surface area (Å²) in [6.45, 7) is 0. The van der Waals surface area contributed by atoms with E-state index >= 15 is 0 Å². The molecule has 0 aliphatic heterocycles. The van der Waals surface area contributed by atoms with E-state index in [1.165, 1.54) is 6.26 Å². The number of nitrogens with two attached hydrogens (primary N) is 1. The fraction of sp³-hybridized carbons (Fsp3) is 0.455. The summed E-state index contributed by atoms with van der Waals surface area (Å²) in [7, 11) is -3.12. The highest BCUT2D eigenvalue weighted by Crippen LogP contribution is 2.39. The fourth-order valence-electron chi connectivity index (χ4n) is 1.68. The molecule has 0 bridgehead atoms. The first-order valence-electron chi connectivity index (χ1n) is 5.04. The smallest absolute Gasteiger partial charge is 0.175 e. The molecule has 2 N–H and O–H groups in total. The van der Waals surface area contributed by atoms with Gasteiger partial charge < -0.3 is 5.73 Å². The van der Waals surface area contributed by atoms with Crippen molar-refractivity contribution in [2.45, 2.75) is 23.8 Å². The van der Waals surface area contributed by atoms with E-state index in [4.69, 9.17) is 5.73 Å². The monoisotopic (exact) mass is 225 g/mol. The molecule has 0 aromatic heterocycles. The minimum atomic E-state index is -3.12. The second-order valence-corrected chi connectivity index (χ2v) is 6.22. The van der Waals surface area contributed by atoms with Crippen LogP contribution in [-0.4, -0.2) is 14.7 Å². The molecule has 1 aromatic carbocycles. The van der Waals surface area contributed by atoms with Crippen LogP contribution in [0.25, 0.3) is 0 Å². The lowest BCUT2D eigenvalue weighted by atomic mass is 10.0. The Labute approximate surface area is 90.2 Å². The number of hydrogen-bond acceptors (Lipinski definition) is 3. The van der Waals surface area contributed by atoms with Crippen LogP contribution in [0.3, 0.4) is 0 Å². The van der Waals surface area contributed by atoms with Crippen molar-refractivity contribution in [3.05, 3.63) is 29.8 Å². The largest absolute Gasteiger partial charge is 0.324 e. The van der Waals surface area contributed by atoms with Crippen LogP contribution in [0.4, 0.5) is 0 Å². The maximum atomic E-state index is 11.4. The first kappa shape index (κ1) is 10.6. The number of benzene rings is 1. The third-order valence-corrected chi connectivity index (χ3v) is 3.91. The standard InChI is InChI=1S/C11H15NO2S/c1-15(13,14)10-4-2-3-9(7-10)11(12)8-5-6-8/h2-4,7-8,11H,5-6,12H2,1H3/t11-/m1/s1. The van der Waals surface area contributed by atoms with Gasteiger partial charge in [0.1, 0.15) is 0 Å². The quantitative estimate of drug-likeness (QED) is 0.848. The zero-order valence-corrected chi connectivity index (χ0v) is 9.50. The molecule has 1 saturated carbocycles. The molecule has 0 saturated heterocycles. The lowest BCUT2D eigenvalue weighted by Crippen LogP contribution is -2.12. The minimum absolute atomic E-state index is 0.00769. The molecule has 3 nitrogen and oxygen atoms in total. The normalized spacial score (nSPS) is 18.8. The van der Waals surface area contributed by atoms with Gasteiger partial charge in [-0.05, 0) is 36.5 Å². The summed E-state index contributed by atoms with van der Waals surface area (Å²) in [5, 5.41) is 0. The Hall–Kier alpha value is -0.870. The van der Waals surface area contributed by atoms with E-state index in [0.29, 0.717) is 10.8 Å². The van der Waals surface area contributed by atoms with Crippen molar-refractivity contribution < 1.29 is 8.42 Å². The van der Waals surface area contributed by atoms with Crippen molar-refractivity contribution in [2.24, 2.45) is 11.7 Å². The highest BCUT2D eigenvalue weighted by Gasteiger charge is 2.29. The van der Waals surface area contributed by atoms with Crippen LogP contribution in [0, 0.1) is 5.92 Å². The summed E-state index contributed by atoms with van der Waals surface area (Å²) in [4.78, 5) is 0.358. The summed E-state index contributed by atoms with van der Waals surface area (Å²) < 4.78 is 22.7. The van der Waals surface area contributed by atoms with Crippen LogP contribution in [0.2, 0.25) is 0 Å². The Kier molecular flexibility index (Phi) is 2.56. The van der Waals surface area contributed by atoms with Gasteiger partial charge in [0.05, 0.1) is 4.90 Å². The summed E-state index contributed by atoms with van der Waals surface area (Å²) >= 11 is 0. The topological polar surface area (TPSA) is 60.2 Å². The molecule has 0 heterocycles. The van der Waals surface area contributed by atoms with E-state index < -0.39 is 9.84 Å². The van der Waals surface area contributed by atoms with E-state index in [1.54, 1.807) is 18.2 Å². The number of rotatable bonds is 3. The van der Waals surface area contributed by atoms with Gasteiger partial charge in [-0.2, -0.15) is 0 Å². The molecule has 15 heavy (non-hydrogen) atoms. The molecule has 0 spiro atoms. The van der Waals surface area contributed by atoms with Crippen molar-refractivity contribution in [3.8, 4) is 0 Å². The van der Waals surface area contributed by atoms with Gasteiger partial charge in [0.25, 0.3) is 0 Å². The molecule has 2 rings (SSSR count). The molecule has 82 valence electrons. The molecule has 4 heteroatoms. The molecular formula is C11H15NO2S. The maximum Gasteiger partial charge on any atom is 0.175 e. The average Bonchev–Trinajstić information content (AvgIpc) is 2.99. The van der Waals surface area contributed by atoms with Crippen LogP contribution in [0.15, 0.2) is 29.2 Å². The molecule has 1 aliphatic rings. The average molecular weight is 225 g/mol. The zero-order valence-electron chi connectivity index (χ0n) is 8.68. The summed E-state index contributed by atoms with van der Waals surface area (Å²) in [6, 6.07) is 6.95. The molecule has 0 radical (unpaired) electrons. The molecule has 1 aliphatic carbocycles. The van der Waals surface area contributed by atoms with Gasteiger partial charge in [0, 0.05) is 12.3 Å². The molecule has 0 unspecified atom stereocenters. The first-order valence-corrected chi connectivity index (χ1v) is 6.93. The molecule has 1 fully saturated rings. The molecular weight excluding hydrogens is 210 g/mol. The van der Waals surface area contributed by atoms with E-state index in [1.807, 2.05) is 6.07 Å². The third kappa shape index (κ3) is 2.38. The van der Waals surface area contributed by atoms with Crippen LogP contribution >= 0.6 is 0 Å². The lowest BCUT2D eigenvalue weighted by molar-refractivity contribution is 0.600. The van der Waals surface area contributed by atoms with Crippen molar-refractivity contribution in [1.82, 2.24) is 0 Å². The van der Waals surface area contributed by atoms with Gasteiger partial charge in [-0.1, -0.05) is 12.1 Å². The van der Waals surface area contributed by atoms with Crippen LogP contribution in [0.5, 0.6) is 0 Å². The van der Waals surface area contributed by atoms with Crippen molar-refractivity contribution >= 4 is 9.84 Å². The van der Waals surface area contributed by atoms with Crippen LogP contribution in [-0.2, 0) is 9.84 Å². The Bertz CT molecular complexity index is 463. The van der Waals surface area contributed by atoms with Crippen molar-refractivity contribution in [1.29, 1.82) is 0 Å². The Morgan fingerprint density at radius 1 is 1.40 bits per heavy atom. The van der Waals surface area contributed by atoms with Gasteiger partial charge >= 0.3 is 0 Å². The van der Waals surface area contributed by atoms with E-state index in [9.17, 15) is 8.42 Å². The van der Waals surface area contributed by atoms with Gasteiger partial charge in [-0.15, -0.1) is 0 Å². The first-order chi connectivity index (χ1) is 6.98. The van der Waals surface area contributed by atoms with Gasteiger partial charge in [0.2, 0.25) is 0 Å². The molecule has 1 aromatic rings. The second kappa shape index (κ2) is 3.61. The molecule has 0 amide bonds. The Morgan fingerprint density at radius 3 is 2.60 bits per heavy atom. The fourth-order valence-corrected chi connectivity index (χ4v) is 2.36. The van der Waals surface area contributed by atoms with E-state index in [0.717, 1.165) is 18.4 Å². The number of sulfone groups is 1. The third-order valence-electron chi connectivity index (χ3n) is 2.80. The summed E-state index contributed by atoms with van der Waals surface area (Å²) in [5.41, 5.74) is 6.95. The predicted octanol–water partition coefficient (Wildman–Crippen LogP) is 1.50. The van der Waals surface area contributed by atoms with Crippen LogP contribution in [0.1, 0.15) is 24.4 Å². The maximum absolute atomic E-state index is 11.4. The Morgan fingerprint density at radius 2 is 2.07 bits per heavy atom. The summed E-state index contributed by atoms with van der Waals surface area (Å²) in [6.07, 6.45) is 3.53. The predicted molar refractivity (Wildman–Crippen MR) is 59.2 cm³/mol. The van der Waals surface area contributed by atoms with Crippen molar-refractivity contribution in [2.75, 3.05) is 6.26 Å². The highest BCUT2D eigenvalue weighted by atomic mass is 32.2. The van der Waals surface area contributed by atoms with Crippen LogP contribution < -0.4 is 5.73 Å². The van der Waals surface area contributed by atoms with E-state index in [-0.39, 0.29) is 6.04 Å². The van der Waals surface area contributed by atoms with E-state index in [2.05, 4.69) is 0 Å². The van der Waals surface area contributed by atoms with Gasteiger partial charge in [-0.25, -0.2) is 8.42 Å². The van der Waals surface area contributed by atoms with Crippen molar-refractivity contribution in [3.63, 3.8) is 0 Å². The van der Waals surface area contributed by atoms with Gasteiger partial charge in [0.15, 0.2) is 9.84 Å². The second-order valence-electron chi connectivity index (χ2n) is 4.21. The summed E-state index contributed by atoms with van der Waals surface area (Å²) in [5.74, 6) is 0.541. The molecule has 1 atom stereocenters. The SMILES string of the molecule is CS(=O)(=O)c1cccc([C@H](N)C2CC2)c1. The lowest BCUT2D eigenvalue weighted by Gasteiger charge is -2.11. The highest BCUT2D eigenvalue weighted by molar-refractivity contribution is 7.90. The van der Waals surface area contributed by atoms with Gasteiger partial charge in [-0.3, -0.25) is 0 Å². The Balaban J connectivity index is 2.33.